The quantitative estimate of drug-likeness (QED) is 0.244. The van der Waals surface area contributed by atoms with Crippen LogP contribution in [0.2, 0.25) is 0 Å². The summed E-state index contributed by atoms with van der Waals surface area (Å²) < 4.78 is 13.9. The van der Waals surface area contributed by atoms with Crippen molar-refractivity contribution in [2.24, 2.45) is 5.92 Å². The summed E-state index contributed by atoms with van der Waals surface area (Å²) in [4.78, 5) is 28.9. The number of benzene rings is 1. The number of pyridine rings is 3. The van der Waals surface area contributed by atoms with E-state index >= 15 is 0 Å². The lowest BCUT2D eigenvalue weighted by atomic mass is 10.0. The maximum atomic E-state index is 13.9. The van der Waals surface area contributed by atoms with Crippen molar-refractivity contribution < 1.29 is 9.18 Å². The zero-order valence-electron chi connectivity index (χ0n) is 20.8. The number of aromatic amines is 2. The Hall–Kier alpha value is -4.92. The Balaban J connectivity index is 1.38. The van der Waals surface area contributed by atoms with Crippen LogP contribution in [0.4, 0.5) is 10.1 Å². The molecule has 0 saturated carbocycles. The number of hydrogen-bond acceptors (Lipinski definition) is 5. The minimum Gasteiger partial charge on any atom is -0.338 e. The molecule has 3 N–H and O–H groups in total. The van der Waals surface area contributed by atoms with Crippen LogP contribution in [0.25, 0.3) is 55.7 Å². The van der Waals surface area contributed by atoms with E-state index in [2.05, 4.69) is 35.5 Å². The van der Waals surface area contributed by atoms with E-state index in [0.29, 0.717) is 23.4 Å². The molecule has 38 heavy (non-hydrogen) atoms. The number of rotatable bonds is 6. The van der Waals surface area contributed by atoms with Crippen molar-refractivity contribution in [2.75, 3.05) is 5.32 Å². The van der Waals surface area contributed by atoms with Gasteiger partial charge in [0, 0.05) is 46.9 Å². The molecular weight excluding hydrogens is 481 g/mol. The average Bonchev–Trinajstić information content (AvgIpc) is 3.52. The number of nitrogens with one attached hydrogen (secondary N) is 3. The highest BCUT2D eigenvalue weighted by molar-refractivity contribution is 6.00. The van der Waals surface area contributed by atoms with E-state index in [1.54, 1.807) is 30.9 Å². The molecule has 6 aromatic rings. The lowest BCUT2D eigenvalue weighted by Gasteiger charge is -2.08. The smallest absolute Gasteiger partial charge is 0.224 e. The molecule has 1 amide bonds. The summed E-state index contributed by atoms with van der Waals surface area (Å²) in [6.45, 7) is 4.01. The summed E-state index contributed by atoms with van der Waals surface area (Å²) in [6, 6.07) is 14.2. The van der Waals surface area contributed by atoms with Gasteiger partial charge in [0.05, 0.1) is 23.3 Å². The Morgan fingerprint density at radius 2 is 1.84 bits per heavy atom. The molecule has 9 heteroatoms. The van der Waals surface area contributed by atoms with Gasteiger partial charge < -0.3 is 10.3 Å². The van der Waals surface area contributed by atoms with Crippen LogP contribution in [0.5, 0.6) is 0 Å². The van der Waals surface area contributed by atoms with Gasteiger partial charge in [-0.05, 0) is 53.4 Å². The van der Waals surface area contributed by atoms with Crippen molar-refractivity contribution in [2.45, 2.75) is 20.3 Å². The van der Waals surface area contributed by atoms with Crippen LogP contribution in [0.15, 0.2) is 73.3 Å². The summed E-state index contributed by atoms with van der Waals surface area (Å²) in [5.41, 5.74) is 6.72. The van der Waals surface area contributed by atoms with E-state index in [4.69, 9.17) is 0 Å². The molecule has 5 aromatic heterocycles. The third-order valence-electron chi connectivity index (χ3n) is 6.30. The summed E-state index contributed by atoms with van der Waals surface area (Å²) >= 11 is 0. The second-order valence-corrected chi connectivity index (χ2v) is 9.62. The number of aromatic nitrogens is 6. The fourth-order valence-corrected chi connectivity index (χ4v) is 4.58. The number of nitrogens with zero attached hydrogens (tertiary/aromatic N) is 4. The van der Waals surface area contributed by atoms with Crippen LogP contribution >= 0.6 is 0 Å². The second-order valence-electron chi connectivity index (χ2n) is 9.62. The van der Waals surface area contributed by atoms with E-state index in [1.807, 2.05) is 44.2 Å². The Kier molecular flexibility index (Phi) is 5.88. The van der Waals surface area contributed by atoms with Gasteiger partial charge >= 0.3 is 0 Å². The minimum absolute atomic E-state index is 0.0466. The molecule has 1 aromatic carbocycles. The number of halogens is 1. The standard InChI is InChI=1S/C29H24FN7O/c1-16(2)8-26(38)34-21-10-18(13-31-15-21)19-11-24-27(36-37-29(24)33-14-19)25-12-23-22(6-7-32-28(23)35-25)17-4-3-5-20(30)9-17/h3-7,9-16H,8H2,1-2H3,(H,32,35)(H,34,38)(H,33,36,37). The van der Waals surface area contributed by atoms with Crippen LogP contribution < -0.4 is 5.32 Å². The van der Waals surface area contributed by atoms with Crippen molar-refractivity contribution in [1.29, 1.82) is 0 Å². The summed E-state index contributed by atoms with van der Waals surface area (Å²) in [6.07, 6.45) is 7.24. The monoisotopic (exact) mass is 505 g/mol. The summed E-state index contributed by atoms with van der Waals surface area (Å²) in [5, 5.41) is 12.1. The molecule has 0 aliphatic heterocycles. The second kappa shape index (κ2) is 9.51. The first-order valence-corrected chi connectivity index (χ1v) is 12.3. The fraction of sp³-hybridized carbons (Fsp3) is 0.138. The van der Waals surface area contributed by atoms with Crippen molar-refractivity contribution in [3.63, 3.8) is 0 Å². The van der Waals surface area contributed by atoms with Gasteiger partial charge in [0.1, 0.15) is 11.5 Å². The zero-order valence-corrected chi connectivity index (χ0v) is 20.8. The molecule has 0 bridgehead atoms. The van der Waals surface area contributed by atoms with Gasteiger partial charge in [0.2, 0.25) is 5.91 Å². The lowest BCUT2D eigenvalue weighted by Crippen LogP contribution is -2.13. The molecule has 6 rings (SSSR count). The molecule has 8 nitrogen and oxygen atoms in total. The predicted octanol–water partition coefficient (Wildman–Crippen LogP) is 6.35. The largest absolute Gasteiger partial charge is 0.338 e. The highest BCUT2D eigenvalue weighted by atomic mass is 19.1. The van der Waals surface area contributed by atoms with Gasteiger partial charge in [0.15, 0.2) is 5.65 Å². The van der Waals surface area contributed by atoms with Crippen LogP contribution in [-0.4, -0.2) is 36.0 Å². The molecule has 0 radical (unpaired) electrons. The molecule has 0 fully saturated rings. The first-order valence-electron chi connectivity index (χ1n) is 12.3. The number of H-pyrrole nitrogens is 2. The van der Waals surface area contributed by atoms with Crippen molar-refractivity contribution in [1.82, 2.24) is 30.1 Å². The molecule has 0 spiro atoms. The number of carbonyl (C=O) groups is 1. The van der Waals surface area contributed by atoms with Crippen LogP contribution in [0.1, 0.15) is 20.3 Å². The van der Waals surface area contributed by atoms with E-state index in [0.717, 1.165) is 44.4 Å². The first kappa shape index (κ1) is 23.5. The third-order valence-corrected chi connectivity index (χ3v) is 6.30. The lowest BCUT2D eigenvalue weighted by molar-refractivity contribution is -0.116. The molecule has 188 valence electrons. The Morgan fingerprint density at radius 3 is 2.68 bits per heavy atom. The maximum absolute atomic E-state index is 13.9. The Labute approximate surface area is 217 Å². The van der Waals surface area contributed by atoms with Gasteiger partial charge in [-0.2, -0.15) is 5.10 Å². The van der Waals surface area contributed by atoms with Crippen LogP contribution in [0, 0.1) is 11.7 Å². The molecule has 0 unspecified atom stereocenters. The molecular formula is C29H24FN7O. The van der Waals surface area contributed by atoms with Gasteiger partial charge in [-0.15, -0.1) is 0 Å². The molecule has 0 aliphatic carbocycles. The number of fused-ring (bicyclic) bond motifs is 2. The highest BCUT2D eigenvalue weighted by Crippen LogP contribution is 2.34. The van der Waals surface area contributed by atoms with Crippen molar-refractivity contribution in [3.8, 4) is 33.6 Å². The SMILES string of the molecule is CC(C)CC(=O)Nc1cncc(-c2cnc3n[nH]c(-c4cc5c(-c6cccc(F)c6)ccnc5[nH]4)c3c2)c1. The number of anilines is 1. The minimum atomic E-state index is -0.292. The van der Waals surface area contributed by atoms with E-state index in [1.165, 1.54) is 12.1 Å². The Bertz CT molecular complexity index is 1800. The first-order chi connectivity index (χ1) is 18.4. The molecule has 0 saturated heterocycles. The average molecular weight is 506 g/mol. The summed E-state index contributed by atoms with van der Waals surface area (Å²) in [7, 11) is 0. The number of carbonyl (C=O) groups excluding carboxylic acids is 1. The van der Waals surface area contributed by atoms with E-state index < -0.39 is 0 Å². The topological polar surface area (TPSA) is 112 Å². The third kappa shape index (κ3) is 4.50. The van der Waals surface area contributed by atoms with Gasteiger partial charge in [-0.3, -0.25) is 14.9 Å². The van der Waals surface area contributed by atoms with E-state index in [9.17, 15) is 9.18 Å². The normalized spacial score (nSPS) is 11.5. The number of amides is 1. The van der Waals surface area contributed by atoms with Crippen molar-refractivity contribution in [3.05, 3.63) is 79.1 Å². The highest BCUT2D eigenvalue weighted by Gasteiger charge is 2.16. The van der Waals surface area contributed by atoms with Crippen LogP contribution in [-0.2, 0) is 4.79 Å². The maximum Gasteiger partial charge on any atom is 0.224 e. The van der Waals surface area contributed by atoms with Gasteiger partial charge in [-0.1, -0.05) is 26.0 Å². The van der Waals surface area contributed by atoms with Gasteiger partial charge in [0.25, 0.3) is 0 Å². The van der Waals surface area contributed by atoms with Crippen LogP contribution in [0.3, 0.4) is 0 Å². The number of hydrogen-bond donors (Lipinski definition) is 3. The molecule has 5 heterocycles. The van der Waals surface area contributed by atoms with Gasteiger partial charge in [-0.25, -0.2) is 14.4 Å². The molecule has 0 atom stereocenters. The molecule has 0 aliphatic rings. The Morgan fingerprint density at radius 1 is 0.974 bits per heavy atom. The predicted molar refractivity (Wildman–Crippen MR) is 146 cm³/mol. The van der Waals surface area contributed by atoms with Crippen molar-refractivity contribution >= 4 is 33.7 Å². The zero-order chi connectivity index (χ0) is 26.2. The summed E-state index contributed by atoms with van der Waals surface area (Å²) in [5.74, 6) is -0.0730. The fourth-order valence-electron chi connectivity index (χ4n) is 4.58. The van der Waals surface area contributed by atoms with E-state index in [-0.39, 0.29) is 17.6 Å².